The van der Waals surface area contributed by atoms with Gasteiger partial charge < -0.3 is 21.8 Å². The highest BCUT2D eigenvalue weighted by atomic mass is 16.1. The van der Waals surface area contributed by atoms with Gasteiger partial charge >= 0.3 is 0 Å². The Hall–Kier alpha value is -3.12. The number of fused-ring (bicyclic) bond motifs is 1. The average molecular weight is 322 g/mol. The molecule has 0 bridgehead atoms. The first-order chi connectivity index (χ1) is 11.5. The molecule has 0 spiro atoms. The highest BCUT2D eigenvalue weighted by Gasteiger charge is 2.16. The van der Waals surface area contributed by atoms with Crippen molar-refractivity contribution in [1.29, 1.82) is 0 Å². The predicted octanol–water partition coefficient (Wildman–Crippen LogP) is 2.35. The van der Waals surface area contributed by atoms with Crippen molar-refractivity contribution in [1.82, 2.24) is 4.98 Å². The number of benzene rings is 2. The van der Waals surface area contributed by atoms with Crippen LogP contribution in [-0.2, 0) is 11.3 Å². The van der Waals surface area contributed by atoms with Crippen LogP contribution < -0.4 is 16.8 Å². The molecular formula is C18H18N4O2. The minimum absolute atomic E-state index is 0.155. The summed E-state index contributed by atoms with van der Waals surface area (Å²) < 4.78 is 0. The number of aromatic nitrogens is 1. The normalized spacial score (nSPS) is 10.8. The van der Waals surface area contributed by atoms with Gasteiger partial charge in [-0.3, -0.25) is 9.59 Å². The number of nitrogens with one attached hydrogen (secondary N) is 2. The maximum atomic E-state index is 11.6. The predicted molar refractivity (Wildman–Crippen MR) is 94.4 cm³/mol. The summed E-state index contributed by atoms with van der Waals surface area (Å²) in [5.74, 6) is -0.641. The van der Waals surface area contributed by atoms with Gasteiger partial charge in [0.15, 0.2) is 0 Å². The number of nitrogens with two attached hydrogens (primary N) is 2. The lowest BCUT2D eigenvalue weighted by Crippen LogP contribution is -2.12. The Morgan fingerprint density at radius 1 is 1.12 bits per heavy atom. The topological polar surface area (TPSA) is 114 Å². The second kappa shape index (κ2) is 6.17. The van der Waals surface area contributed by atoms with Crippen LogP contribution in [0, 0.1) is 0 Å². The van der Waals surface area contributed by atoms with Gasteiger partial charge in [0, 0.05) is 30.7 Å². The van der Waals surface area contributed by atoms with Crippen molar-refractivity contribution < 1.29 is 9.59 Å². The fraction of sp³-hybridized carbons (Fsp3) is 0.111. The zero-order valence-electron chi connectivity index (χ0n) is 13.2. The molecule has 24 heavy (non-hydrogen) atoms. The molecular weight excluding hydrogens is 304 g/mol. The molecule has 2 aromatic carbocycles. The van der Waals surface area contributed by atoms with Crippen molar-refractivity contribution >= 4 is 28.4 Å². The molecule has 1 heterocycles. The summed E-state index contributed by atoms with van der Waals surface area (Å²) in [7, 11) is 0. The minimum atomic E-state index is -0.486. The largest absolute Gasteiger partial charge is 0.366 e. The van der Waals surface area contributed by atoms with Gasteiger partial charge in [0.1, 0.15) is 0 Å². The van der Waals surface area contributed by atoms with Crippen molar-refractivity contribution in [3.8, 4) is 11.1 Å². The van der Waals surface area contributed by atoms with Crippen LogP contribution in [0.2, 0.25) is 0 Å². The summed E-state index contributed by atoms with van der Waals surface area (Å²) in [6.45, 7) is 1.73. The minimum Gasteiger partial charge on any atom is -0.366 e. The van der Waals surface area contributed by atoms with E-state index >= 15 is 0 Å². The van der Waals surface area contributed by atoms with Crippen LogP contribution in [-0.4, -0.2) is 16.8 Å². The third kappa shape index (κ3) is 2.63. The monoisotopic (exact) mass is 322 g/mol. The third-order valence-electron chi connectivity index (χ3n) is 3.97. The van der Waals surface area contributed by atoms with Gasteiger partial charge in [-0.1, -0.05) is 18.2 Å². The Morgan fingerprint density at radius 2 is 1.92 bits per heavy atom. The lowest BCUT2D eigenvalue weighted by Gasteiger charge is -2.15. The zero-order valence-corrected chi connectivity index (χ0v) is 13.2. The van der Waals surface area contributed by atoms with Gasteiger partial charge in [0.05, 0.1) is 11.1 Å². The first kappa shape index (κ1) is 15.8. The lowest BCUT2D eigenvalue weighted by atomic mass is 9.94. The van der Waals surface area contributed by atoms with Crippen molar-refractivity contribution in [2.24, 2.45) is 11.5 Å². The van der Waals surface area contributed by atoms with Gasteiger partial charge in [0.25, 0.3) is 5.91 Å². The molecule has 0 saturated carbocycles. The molecule has 0 unspecified atom stereocenters. The van der Waals surface area contributed by atoms with Crippen LogP contribution in [0.3, 0.4) is 0 Å². The van der Waals surface area contributed by atoms with Gasteiger partial charge in [-0.2, -0.15) is 0 Å². The molecule has 0 fully saturated rings. The molecule has 2 amide bonds. The highest BCUT2D eigenvalue weighted by molar-refractivity contribution is 6.09. The maximum absolute atomic E-state index is 11.6. The molecule has 0 radical (unpaired) electrons. The van der Waals surface area contributed by atoms with Crippen molar-refractivity contribution in [3.63, 3.8) is 0 Å². The Morgan fingerprint density at radius 3 is 2.58 bits per heavy atom. The molecule has 3 rings (SSSR count). The number of rotatable bonds is 4. The Labute approximate surface area is 138 Å². The van der Waals surface area contributed by atoms with E-state index in [1.165, 1.54) is 6.92 Å². The smallest absolute Gasteiger partial charge is 0.250 e. The van der Waals surface area contributed by atoms with E-state index in [4.69, 9.17) is 11.5 Å². The van der Waals surface area contributed by atoms with E-state index in [9.17, 15) is 9.59 Å². The number of hydrogen-bond donors (Lipinski definition) is 4. The van der Waals surface area contributed by atoms with Crippen molar-refractivity contribution in [3.05, 3.63) is 53.7 Å². The molecule has 6 heteroatoms. The fourth-order valence-corrected chi connectivity index (χ4v) is 2.96. The van der Waals surface area contributed by atoms with Gasteiger partial charge in [-0.15, -0.1) is 0 Å². The van der Waals surface area contributed by atoms with Crippen LogP contribution in [0.4, 0.5) is 5.69 Å². The van der Waals surface area contributed by atoms with E-state index < -0.39 is 5.91 Å². The highest BCUT2D eigenvalue weighted by Crippen LogP contribution is 2.35. The molecule has 6 nitrogen and oxygen atoms in total. The number of carbonyl (C=O) groups excluding carboxylic acids is 2. The average Bonchev–Trinajstić information content (AvgIpc) is 3.02. The summed E-state index contributed by atoms with van der Waals surface area (Å²) >= 11 is 0. The zero-order chi connectivity index (χ0) is 17.3. The van der Waals surface area contributed by atoms with E-state index in [0.29, 0.717) is 16.8 Å². The SMILES string of the molecule is CC(=O)Nc1cccc(-c2ccc(C(N)=O)c3[nH]ccc23)c1CN. The van der Waals surface area contributed by atoms with Crippen molar-refractivity contribution in [2.75, 3.05) is 5.32 Å². The molecule has 0 atom stereocenters. The van der Waals surface area contributed by atoms with Crippen LogP contribution in [0.1, 0.15) is 22.8 Å². The number of amides is 2. The number of aromatic amines is 1. The van der Waals surface area contributed by atoms with Crippen LogP contribution in [0.25, 0.3) is 22.0 Å². The van der Waals surface area contributed by atoms with E-state index in [2.05, 4.69) is 10.3 Å². The number of hydrogen-bond acceptors (Lipinski definition) is 3. The second-order valence-corrected chi connectivity index (χ2v) is 5.51. The van der Waals surface area contributed by atoms with E-state index in [0.717, 1.165) is 22.1 Å². The van der Waals surface area contributed by atoms with Crippen LogP contribution in [0.15, 0.2) is 42.6 Å². The standard InChI is InChI=1S/C18H18N4O2/c1-10(23)22-16-4-2-3-11(15(16)9-19)12-5-6-14(18(20)24)17-13(12)7-8-21-17/h2-8,21H,9,19H2,1H3,(H2,20,24)(H,22,23). The summed E-state index contributed by atoms with van der Waals surface area (Å²) in [4.78, 5) is 26.1. The Kier molecular flexibility index (Phi) is 4.05. The molecule has 122 valence electrons. The molecule has 0 aliphatic carbocycles. The quantitative estimate of drug-likeness (QED) is 0.591. The molecule has 1 aromatic heterocycles. The molecule has 6 N–H and O–H groups in total. The number of anilines is 1. The van der Waals surface area contributed by atoms with Gasteiger partial charge in [-0.05, 0) is 34.9 Å². The van der Waals surface area contributed by atoms with E-state index in [-0.39, 0.29) is 12.5 Å². The number of primary amides is 1. The Balaban J connectivity index is 2.25. The molecule has 0 aliphatic rings. The van der Waals surface area contributed by atoms with Gasteiger partial charge in [0.2, 0.25) is 5.91 Å². The van der Waals surface area contributed by atoms with Crippen LogP contribution >= 0.6 is 0 Å². The first-order valence-electron chi connectivity index (χ1n) is 7.52. The first-order valence-corrected chi connectivity index (χ1v) is 7.52. The molecule has 0 saturated heterocycles. The Bertz CT molecular complexity index is 943. The molecule has 3 aromatic rings. The molecule has 0 aliphatic heterocycles. The van der Waals surface area contributed by atoms with E-state index in [1.54, 1.807) is 12.3 Å². The third-order valence-corrected chi connectivity index (χ3v) is 3.97. The summed E-state index contributed by atoms with van der Waals surface area (Å²) in [5.41, 5.74) is 15.8. The van der Waals surface area contributed by atoms with Crippen molar-refractivity contribution in [2.45, 2.75) is 13.5 Å². The lowest BCUT2D eigenvalue weighted by molar-refractivity contribution is -0.114. The second-order valence-electron chi connectivity index (χ2n) is 5.51. The van der Waals surface area contributed by atoms with Gasteiger partial charge in [-0.25, -0.2) is 0 Å². The summed E-state index contributed by atoms with van der Waals surface area (Å²) in [6.07, 6.45) is 1.76. The van der Waals surface area contributed by atoms with E-state index in [1.807, 2.05) is 30.3 Å². The number of carbonyl (C=O) groups is 2. The fourth-order valence-electron chi connectivity index (χ4n) is 2.96. The summed E-state index contributed by atoms with van der Waals surface area (Å²) in [6, 6.07) is 11.1. The number of H-pyrrole nitrogens is 1. The summed E-state index contributed by atoms with van der Waals surface area (Å²) in [5, 5.41) is 3.68. The maximum Gasteiger partial charge on any atom is 0.250 e. The van der Waals surface area contributed by atoms with Crippen LogP contribution in [0.5, 0.6) is 0 Å².